The van der Waals surface area contributed by atoms with E-state index in [4.69, 9.17) is 4.74 Å². The first-order chi connectivity index (χ1) is 10.2. The van der Waals surface area contributed by atoms with E-state index in [2.05, 4.69) is 5.32 Å². The lowest BCUT2D eigenvalue weighted by Crippen LogP contribution is -2.46. The van der Waals surface area contributed by atoms with Gasteiger partial charge in [-0.1, -0.05) is 18.2 Å². The first-order valence-corrected chi connectivity index (χ1v) is 7.43. The van der Waals surface area contributed by atoms with Crippen molar-refractivity contribution in [2.75, 3.05) is 27.2 Å². The van der Waals surface area contributed by atoms with Gasteiger partial charge in [0.1, 0.15) is 5.75 Å². The third kappa shape index (κ3) is 3.85. The lowest BCUT2D eigenvalue weighted by Gasteiger charge is -2.32. The van der Waals surface area contributed by atoms with Gasteiger partial charge in [-0.3, -0.25) is 4.79 Å². The minimum Gasteiger partial charge on any atom is -0.496 e. The van der Waals surface area contributed by atoms with Gasteiger partial charge in [0.25, 0.3) is 0 Å². The summed E-state index contributed by atoms with van der Waals surface area (Å²) in [4.78, 5) is 14.3. The van der Waals surface area contributed by atoms with E-state index >= 15 is 0 Å². The Labute approximate surface area is 126 Å². The van der Waals surface area contributed by atoms with Crippen molar-refractivity contribution in [1.29, 1.82) is 0 Å². The number of nitrogens with one attached hydrogen (secondary N) is 1. The monoisotopic (exact) mass is 288 g/mol. The molecule has 1 atom stereocenters. The second kappa shape index (κ2) is 7.27. The van der Waals surface area contributed by atoms with E-state index in [0.717, 1.165) is 42.8 Å². The van der Waals surface area contributed by atoms with Gasteiger partial charge >= 0.3 is 0 Å². The number of carbonyl (C=O) groups excluding carboxylic acids is 1. The highest BCUT2D eigenvalue weighted by Gasteiger charge is 2.21. The van der Waals surface area contributed by atoms with Crippen LogP contribution in [0.3, 0.4) is 0 Å². The van der Waals surface area contributed by atoms with Crippen LogP contribution in [-0.4, -0.2) is 44.1 Å². The molecule has 1 amide bonds. The summed E-state index contributed by atoms with van der Waals surface area (Å²) in [5, 5.41) is 3.26. The number of para-hydroxylation sites is 1. The lowest BCUT2D eigenvalue weighted by molar-refractivity contribution is -0.127. The molecule has 1 aromatic carbocycles. The molecule has 1 aromatic rings. The molecular formula is C17H24N2O2. The van der Waals surface area contributed by atoms with Crippen molar-refractivity contribution < 1.29 is 9.53 Å². The minimum absolute atomic E-state index is 0.0818. The van der Waals surface area contributed by atoms with E-state index in [0.29, 0.717) is 6.04 Å². The van der Waals surface area contributed by atoms with Crippen LogP contribution in [0.4, 0.5) is 0 Å². The van der Waals surface area contributed by atoms with E-state index in [1.54, 1.807) is 13.2 Å². The summed E-state index contributed by atoms with van der Waals surface area (Å²) in [6, 6.07) is 8.18. The van der Waals surface area contributed by atoms with Crippen molar-refractivity contribution in [3.63, 3.8) is 0 Å². The Kier molecular flexibility index (Phi) is 5.39. The molecular weight excluding hydrogens is 264 g/mol. The number of methoxy groups -OCH3 is 1. The average molecular weight is 288 g/mol. The summed E-state index contributed by atoms with van der Waals surface area (Å²) in [7, 11) is 3.60. The Morgan fingerprint density at radius 2 is 2.19 bits per heavy atom. The Hall–Kier alpha value is -1.81. The van der Waals surface area contributed by atoms with Crippen LogP contribution < -0.4 is 10.1 Å². The number of hydrogen-bond donors (Lipinski definition) is 1. The summed E-state index contributed by atoms with van der Waals surface area (Å²) in [6.45, 7) is 3.58. The minimum atomic E-state index is 0.0818. The number of benzene rings is 1. The molecule has 4 heteroatoms. The highest BCUT2D eigenvalue weighted by atomic mass is 16.5. The summed E-state index contributed by atoms with van der Waals surface area (Å²) in [5.74, 6) is 0.879. The highest BCUT2D eigenvalue weighted by molar-refractivity contribution is 5.95. The summed E-state index contributed by atoms with van der Waals surface area (Å²) >= 11 is 0. The number of allylic oxidation sites excluding steroid dienone is 1. The zero-order valence-corrected chi connectivity index (χ0v) is 13.1. The van der Waals surface area contributed by atoms with Gasteiger partial charge in [0.05, 0.1) is 7.11 Å². The van der Waals surface area contributed by atoms with Crippen LogP contribution in [0.2, 0.25) is 0 Å². The van der Waals surface area contributed by atoms with Gasteiger partial charge < -0.3 is 15.0 Å². The number of piperidine rings is 1. The van der Waals surface area contributed by atoms with Crippen molar-refractivity contribution in [2.45, 2.75) is 25.8 Å². The third-order valence-electron chi connectivity index (χ3n) is 4.01. The molecule has 21 heavy (non-hydrogen) atoms. The van der Waals surface area contributed by atoms with Crippen LogP contribution in [0.25, 0.3) is 5.57 Å². The largest absolute Gasteiger partial charge is 0.496 e. The molecule has 1 heterocycles. The summed E-state index contributed by atoms with van der Waals surface area (Å²) in [6.07, 6.45) is 3.91. The first kappa shape index (κ1) is 15.6. The van der Waals surface area contributed by atoms with Crippen LogP contribution in [-0.2, 0) is 4.79 Å². The van der Waals surface area contributed by atoms with Crippen LogP contribution >= 0.6 is 0 Å². The molecule has 4 nitrogen and oxygen atoms in total. The SMILES string of the molecule is CNC1CCCN(C(=O)/C=C(/C)c2ccccc2OC)C1. The first-order valence-electron chi connectivity index (χ1n) is 7.43. The topological polar surface area (TPSA) is 41.6 Å². The molecule has 1 unspecified atom stereocenters. The molecule has 0 bridgehead atoms. The number of carbonyl (C=O) groups is 1. The van der Waals surface area contributed by atoms with E-state index in [-0.39, 0.29) is 5.91 Å². The summed E-state index contributed by atoms with van der Waals surface area (Å²) in [5.41, 5.74) is 1.90. The Morgan fingerprint density at radius 1 is 1.43 bits per heavy atom. The maximum Gasteiger partial charge on any atom is 0.246 e. The number of nitrogens with zero attached hydrogens (tertiary/aromatic N) is 1. The number of rotatable bonds is 4. The van der Waals surface area contributed by atoms with E-state index in [1.807, 2.05) is 43.1 Å². The molecule has 1 aliphatic rings. The van der Waals surface area contributed by atoms with Crippen molar-refractivity contribution in [2.24, 2.45) is 0 Å². The van der Waals surface area contributed by atoms with Gasteiger partial charge in [-0.25, -0.2) is 0 Å². The number of likely N-dealkylation sites (tertiary alicyclic amines) is 1. The van der Waals surface area contributed by atoms with Gasteiger partial charge in [0, 0.05) is 30.8 Å². The molecule has 0 radical (unpaired) electrons. The Bertz CT molecular complexity index is 525. The Balaban J connectivity index is 2.12. The average Bonchev–Trinajstić information content (AvgIpc) is 2.54. The standard InChI is InChI=1S/C17H24N2O2/c1-13(15-8-4-5-9-16(15)21-3)11-17(20)19-10-6-7-14(12-19)18-2/h4-5,8-9,11,14,18H,6-7,10,12H2,1-3H3/b13-11-. The third-order valence-corrected chi connectivity index (χ3v) is 4.01. The van der Waals surface area contributed by atoms with Crippen molar-refractivity contribution >= 4 is 11.5 Å². The lowest BCUT2D eigenvalue weighted by atomic mass is 10.0. The molecule has 1 N–H and O–H groups in total. The molecule has 1 aliphatic heterocycles. The van der Waals surface area contributed by atoms with Crippen molar-refractivity contribution in [1.82, 2.24) is 10.2 Å². The van der Waals surface area contributed by atoms with Gasteiger partial charge in [0.2, 0.25) is 5.91 Å². The van der Waals surface area contributed by atoms with Crippen LogP contribution in [0.1, 0.15) is 25.3 Å². The molecule has 0 saturated carbocycles. The summed E-state index contributed by atoms with van der Waals surface area (Å²) < 4.78 is 5.35. The second-order valence-corrected chi connectivity index (χ2v) is 5.44. The highest BCUT2D eigenvalue weighted by Crippen LogP contribution is 2.25. The number of hydrogen-bond acceptors (Lipinski definition) is 3. The van der Waals surface area contributed by atoms with Gasteiger partial charge in [-0.05, 0) is 38.5 Å². The molecule has 0 aromatic heterocycles. The molecule has 0 aliphatic carbocycles. The zero-order valence-electron chi connectivity index (χ0n) is 13.1. The number of amides is 1. The molecule has 114 valence electrons. The smallest absolute Gasteiger partial charge is 0.246 e. The number of ether oxygens (including phenoxy) is 1. The van der Waals surface area contributed by atoms with Crippen LogP contribution in [0.5, 0.6) is 5.75 Å². The molecule has 0 spiro atoms. The van der Waals surface area contributed by atoms with Gasteiger partial charge in [-0.2, -0.15) is 0 Å². The van der Waals surface area contributed by atoms with Crippen LogP contribution in [0.15, 0.2) is 30.3 Å². The Morgan fingerprint density at radius 3 is 2.90 bits per heavy atom. The normalized spacial score (nSPS) is 19.5. The number of likely N-dealkylation sites (N-methyl/N-ethyl adjacent to an activating group) is 1. The van der Waals surface area contributed by atoms with E-state index < -0.39 is 0 Å². The fourth-order valence-electron chi connectivity index (χ4n) is 2.74. The maximum atomic E-state index is 12.4. The zero-order chi connectivity index (χ0) is 15.2. The predicted molar refractivity (Wildman–Crippen MR) is 85.3 cm³/mol. The van der Waals surface area contributed by atoms with Crippen molar-refractivity contribution in [3.8, 4) is 5.75 Å². The maximum absolute atomic E-state index is 12.4. The fourth-order valence-corrected chi connectivity index (χ4v) is 2.74. The predicted octanol–water partition coefficient (Wildman–Crippen LogP) is 2.31. The molecule has 1 fully saturated rings. The van der Waals surface area contributed by atoms with E-state index in [9.17, 15) is 4.79 Å². The van der Waals surface area contributed by atoms with Gasteiger partial charge in [0.15, 0.2) is 0 Å². The van der Waals surface area contributed by atoms with Crippen LogP contribution in [0, 0.1) is 0 Å². The van der Waals surface area contributed by atoms with Crippen molar-refractivity contribution in [3.05, 3.63) is 35.9 Å². The van der Waals surface area contributed by atoms with Gasteiger partial charge in [-0.15, -0.1) is 0 Å². The second-order valence-electron chi connectivity index (χ2n) is 5.44. The quantitative estimate of drug-likeness (QED) is 0.865. The van der Waals surface area contributed by atoms with E-state index in [1.165, 1.54) is 0 Å². The fraction of sp³-hybridized carbons (Fsp3) is 0.471. The molecule has 1 saturated heterocycles. The molecule has 2 rings (SSSR count).